The van der Waals surface area contributed by atoms with E-state index in [0.717, 1.165) is 11.5 Å². The number of hydrogen-bond donors (Lipinski definition) is 0. The van der Waals surface area contributed by atoms with Crippen LogP contribution in [-0.4, -0.2) is 21.0 Å². The molecule has 4 aromatic rings. The van der Waals surface area contributed by atoms with Crippen LogP contribution in [0.5, 0.6) is 0 Å². The summed E-state index contributed by atoms with van der Waals surface area (Å²) in [6, 6.07) is 18.4. The first kappa shape index (κ1) is 25.5. The highest BCUT2D eigenvalue weighted by Crippen LogP contribution is 2.70. The molecule has 0 amide bonds. The van der Waals surface area contributed by atoms with E-state index in [-0.39, 0.29) is 9.49 Å². The molecule has 0 nitrogen and oxygen atoms in total. The van der Waals surface area contributed by atoms with Crippen molar-refractivity contribution in [1.29, 1.82) is 0 Å². The summed E-state index contributed by atoms with van der Waals surface area (Å²) in [5.74, 6) is 2.28. The third kappa shape index (κ3) is 3.84. The van der Waals surface area contributed by atoms with Crippen LogP contribution in [0.25, 0.3) is 29.3 Å². The number of thiophene rings is 4. The van der Waals surface area contributed by atoms with Gasteiger partial charge >= 0.3 is 0 Å². The Hall–Kier alpha value is -1.19. The van der Waals surface area contributed by atoms with Crippen LogP contribution in [0.1, 0.15) is 33.4 Å². The number of thioether (sulfide) groups is 3. The molecular formula is C32H26S7. The number of fused-ring (bicyclic) bond motifs is 4. The number of rotatable bonds is 4. The predicted octanol–water partition coefficient (Wildman–Crippen LogP) is 11.6. The maximum atomic E-state index is 2.56. The van der Waals surface area contributed by atoms with E-state index in [0.29, 0.717) is 0 Å². The van der Waals surface area contributed by atoms with Gasteiger partial charge in [0.2, 0.25) is 0 Å². The third-order valence-electron chi connectivity index (χ3n) is 8.29. The molecule has 0 spiro atoms. The van der Waals surface area contributed by atoms with E-state index in [1.165, 1.54) is 48.8 Å². The van der Waals surface area contributed by atoms with Crippen molar-refractivity contribution in [3.63, 3.8) is 0 Å². The lowest BCUT2D eigenvalue weighted by Gasteiger charge is -2.46. The van der Waals surface area contributed by atoms with Crippen molar-refractivity contribution < 1.29 is 0 Å². The molecule has 0 aromatic carbocycles. The fourth-order valence-corrected chi connectivity index (χ4v) is 14.5. The van der Waals surface area contributed by atoms with E-state index < -0.39 is 0 Å². The van der Waals surface area contributed by atoms with Crippen molar-refractivity contribution in [2.45, 2.75) is 37.2 Å². The van der Waals surface area contributed by atoms with Gasteiger partial charge in [0, 0.05) is 60.3 Å². The average Bonchev–Trinajstić information content (AvgIpc) is 3.73. The van der Waals surface area contributed by atoms with Crippen LogP contribution >= 0.6 is 80.6 Å². The van der Waals surface area contributed by atoms with E-state index >= 15 is 0 Å². The van der Waals surface area contributed by atoms with Gasteiger partial charge in [-0.05, 0) is 111 Å². The minimum absolute atomic E-state index is 0.0128. The van der Waals surface area contributed by atoms with Crippen molar-refractivity contribution in [2.75, 3.05) is 11.5 Å². The molecule has 4 aromatic heterocycles. The van der Waals surface area contributed by atoms with E-state index in [1.54, 1.807) is 22.3 Å². The largest absolute Gasteiger partial charge is 0.152 e. The van der Waals surface area contributed by atoms with Crippen LogP contribution in [0.15, 0.2) is 83.0 Å². The zero-order valence-electron chi connectivity index (χ0n) is 22.0. The smallest absolute Gasteiger partial charge is 0.0619 e. The molecule has 0 radical (unpaired) electrons. The first-order valence-electron chi connectivity index (χ1n) is 13.0. The highest BCUT2D eigenvalue weighted by atomic mass is 32.2. The number of hydrogen-bond acceptors (Lipinski definition) is 7. The average molecular weight is 635 g/mol. The Labute approximate surface area is 259 Å². The summed E-state index contributed by atoms with van der Waals surface area (Å²) >= 11 is 14.0. The first-order chi connectivity index (χ1) is 18.8. The minimum Gasteiger partial charge on any atom is -0.152 e. The van der Waals surface area contributed by atoms with E-state index in [9.17, 15) is 0 Å². The maximum Gasteiger partial charge on any atom is 0.0619 e. The third-order valence-corrected chi connectivity index (χ3v) is 17.5. The lowest BCUT2D eigenvalue weighted by Crippen LogP contribution is -2.47. The van der Waals surface area contributed by atoms with Crippen molar-refractivity contribution in [1.82, 2.24) is 0 Å². The van der Waals surface area contributed by atoms with Gasteiger partial charge in [-0.25, -0.2) is 0 Å². The molecular weight excluding hydrogens is 609 g/mol. The molecule has 39 heavy (non-hydrogen) atoms. The molecule has 1 aliphatic carbocycles. The SMILES string of the molecule is Cc1ccc(-c2ccc(C3=CC4=C5CSCC5=C5C=C(c6ccc(-c7ccc(C)s7)s6)SC5(C)C4(C)S3)s2)s1. The van der Waals surface area contributed by atoms with Gasteiger partial charge < -0.3 is 0 Å². The Morgan fingerprint density at radius 3 is 1.31 bits per heavy atom. The highest BCUT2D eigenvalue weighted by Gasteiger charge is 2.59. The molecule has 0 N–H and O–H groups in total. The van der Waals surface area contributed by atoms with E-state index in [2.05, 4.69) is 124 Å². The molecule has 8 rings (SSSR count). The fraction of sp³-hybridized carbons (Fsp3) is 0.250. The molecule has 3 aliphatic heterocycles. The molecule has 196 valence electrons. The monoisotopic (exact) mass is 634 g/mol. The second-order valence-corrected chi connectivity index (χ2v) is 19.4. The van der Waals surface area contributed by atoms with E-state index in [4.69, 9.17) is 0 Å². The Morgan fingerprint density at radius 1 is 0.513 bits per heavy atom. The summed E-state index contributed by atoms with van der Waals surface area (Å²) in [4.78, 5) is 14.0. The van der Waals surface area contributed by atoms with Gasteiger partial charge in [0.15, 0.2) is 0 Å². The zero-order valence-corrected chi connectivity index (χ0v) is 27.8. The van der Waals surface area contributed by atoms with Crippen molar-refractivity contribution in [3.8, 4) is 19.5 Å². The van der Waals surface area contributed by atoms with Crippen LogP contribution in [-0.2, 0) is 0 Å². The molecule has 2 atom stereocenters. The topological polar surface area (TPSA) is 0 Å². The second kappa shape index (κ2) is 9.15. The maximum absolute atomic E-state index is 2.56. The Bertz CT molecular complexity index is 1660. The van der Waals surface area contributed by atoms with Gasteiger partial charge in [0.25, 0.3) is 0 Å². The van der Waals surface area contributed by atoms with Gasteiger partial charge in [0.05, 0.1) is 9.49 Å². The molecule has 0 bridgehead atoms. The molecule has 0 saturated carbocycles. The first-order valence-corrected chi connectivity index (χ1v) is 19.1. The van der Waals surface area contributed by atoms with Crippen LogP contribution in [0, 0.1) is 13.8 Å². The van der Waals surface area contributed by atoms with Gasteiger partial charge in [0.1, 0.15) is 0 Å². The Kier molecular flexibility index (Phi) is 5.99. The summed E-state index contributed by atoms with van der Waals surface area (Å²) in [6.45, 7) is 9.44. The zero-order chi connectivity index (χ0) is 26.5. The van der Waals surface area contributed by atoms with Crippen LogP contribution in [0.3, 0.4) is 0 Å². The normalized spacial score (nSPS) is 25.7. The molecule has 1 fully saturated rings. The summed E-state index contributed by atoms with van der Waals surface area (Å²) in [5, 5.41) is 0. The number of aryl methyl sites for hydroxylation is 2. The molecule has 2 unspecified atom stereocenters. The molecule has 7 heterocycles. The van der Waals surface area contributed by atoms with Crippen LogP contribution < -0.4 is 0 Å². The summed E-state index contributed by atoms with van der Waals surface area (Å²) in [5.41, 5.74) is 6.39. The predicted molar refractivity (Wildman–Crippen MR) is 184 cm³/mol. The lowest BCUT2D eigenvalue weighted by molar-refractivity contribution is 0.609. The fourth-order valence-electron chi connectivity index (χ4n) is 6.10. The molecule has 1 saturated heterocycles. The van der Waals surface area contributed by atoms with Crippen molar-refractivity contribution >= 4 is 90.4 Å². The van der Waals surface area contributed by atoms with Crippen molar-refractivity contribution in [2.24, 2.45) is 0 Å². The summed E-state index contributed by atoms with van der Waals surface area (Å²) in [6.07, 6.45) is 5.12. The van der Waals surface area contributed by atoms with Crippen LogP contribution in [0.4, 0.5) is 0 Å². The molecule has 4 aliphatic rings. The van der Waals surface area contributed by atoms with Gasteiger partial charge in [-0.15, -0.1) is 68.9 Å². The number of allylic oxidation sites excluding steroid dienone is 2. The molecule has 7 heteroatoms. The summed E-state index contributed by atoms with van der Waals surface area (Å²) < 4.78 is 0.0257. The Balaban J connectivity index is 1.17. The highest BCUT2D eigenvalue weighted by molar-refractivity contribution is 8.14. The quantitative estimate of drug-likeness (QED) is 0.219. The van der Waals surface area contributed by atoms with E-state index in [1.807, 2.05) is 45.3 Å². The van der Waals surface area contributed by atoms with Gasteiger partial charge in [-0.3, -0.25) is 0 Å². The second-order valence-electron chi connectivity index (χ2n) is 10.7. The summed E-state index contributed by atoms with van der Waals surface area (Å²) in [7, 11) is 0. The minimum atomic E-state index is 0.0128. The van der Waals surface area contributed by atoms with Gasteiger partial charge in [-0.2, -0.15) is 11.8 Å². The van der Waals surface area contributed by atoms with Gasteiger partial charge in [-0.1, -0.05) is 0 Å². The van der Waals surface area contributed by atoms with Crippen LogP contribution in [0.2, 0.25) is 0 Å². The Morgan fingerprint density at radius 2 is 0.897 bits per heavy atom. The van der Waals surface area contributed by atoms with Crippen molar-refractivity contribution in [3.05, 3.63) is 102 Å². The lowest BCUT2D eigenvalue weighted by atomic mass is 9.72. The standard InChI is InChI=1S/C32H26S7/c1-17-5-7-23(34-17)25-9-11-27(36-25)29-13-21-19-15-33-16-20(19)22-14-30(39-32(22,4)31(21,3)38-29)28-12-10-26(37-28)24-8-6-18(2)35-24/h5-14H,15-16H2,1-4H3.